The maximum Gasteiger partial charge on any atom is 0.135 e. The fourth-order valence-corrected chi connectivity index (χ4v) is 9.59. The molecule has 0 bridgehead atoms. The van der Waals surface area contributed by atoms with Crippen LogP contribution in [0.1, 0.15) is 33.4 Å². The van der Waals surface area contributed by atoms with E-state index in [0.717, 1.165) is 33.4 Å². The summed E-state index contributed by atoms with van der Waals surface area (Å²) in [5.41, 5.74) is 4.27. The second kappa shape index (κ2) is 24.7. The Bertz CT molecular complexity index is 2050. The summed E-state index contributed by atoms with van der Waals surface area (Å²) in [5.74, 6) is 0. The SMILES string of the molecule is OCC1O[C@H](S[C@H]2OC(CO)[C@@H](OCc3ccccc3)C(OCc3ccccc3)C2OCc2ccccc2)C(OCc2ccccc2)C(OCc2ccccc2)[C@@H]1OCc1ccccc1. The van der Waals surface area contributed by atoms with Crippen molar-refractivity contribution in [3.05, 3.63) is 215 Å². The van der Waals surface area contributed by atoms with Gasteiger partial charge in [0, 0.05) is 0 Å². The van der Waals surface area contributed by atoms with Crippen molar-refractivity contribution in [3.63, 3.8) is 0 Å². The summed E-state index contributed by atoms with van der Waals surface area (Å²) in [6.45, 7) is 0.889. The lowest BCUT2D eigenvalue weighted by molar-refractivity contribution is -0.259. The molecule has 2 aliphatic heterocycles. The van der Waals surface area contributed by atoms with E-state index in [0.29, 0.717) is 0 Å². The summed E-state index contributed by atoms with van der Waals surface area (Å²) >= 11 is 1.36. The summed E-state index contributed by atoms with van der Waals surface area (Å²) in [7, 11) is 0. The molecule has 2 fully saturated rings. The van der Waals surface area contributed by atoms with Crippen LogP contribution in [-0.2, 0) is 77.5 Å². The van der Waals surface area contributed by atoms with Gasteiger partial charge in [-0.05, 0) is 33.4 Å². The topological polar surface area (TPSA) is 114 Å². The lowest BCUT2D eigenvalue weighted by Crippen LogP contribution is -2.63. The van der Waals surface area contributed by atoms with Crippen LogP contribution in [0.15, 0.2) is 182 Å². The van der Waals surface area contributed by atoms with Crippen molar-refractivity contribution >= 4 is 11.8 Å². The first-order valence-electron chi connectivity index (χ1n) is 22.3. The molecule has 10 atom stereocenters. The number of aliphatic hydroxyl groups is 2. The van der Waals surface area contributed by atoms with E-state index >= 15 is 0 Å². The van der Waals surface area contributed by atoms with Gasteiger partial charge < -0.3 is 48.1 Å². The summed E-state index contributed by atoms with van der Waals surface area (Å²) in [6, 6.07) is 59.6. The Hall–Kier alpha value is -4.73. The average Bonchev–Trinajstić information content (AvgIpc) is 3.37. The first-order valence-corrected chi connectivity index (χ1v) is 23.2. The van der Waals surface area contributed by atoms with Crippen LogP contribution in [0.5, 0.6) is 0 Å². The van der Waals surface area contributed by atoms with Crippen molar-refractivity contribution in [1.29, 1.82) is 0 Å². The predicted octanol–water partition coefficient (Wildman–Crippen LogP) is 8.67. The molecule has 2 heterocycles. The number of thioether (sulfide) groups is 1. The summed E-state index contributed by atoms with van der Waals surface area (Å²) < 4.78 is 54.8. The van der Waals surface area contributed by atoms with E-state index in [1.165, 1.54) is 11.8 Å². The molecule has 0 saturated carbocycles. The van der Waals surface area contributed by atoms with E-state index in [-0.39, 0.29) is 52.9 Å². The largest absolute Gasteiger partial charge is 0.394 e. The van der Waals surface area contributed by atoms with Gasteiger partial charge in [-0.3, -0.25) is 0 Å². The highest BCUT2D eigenvalue weighted by Crippen LogP contribution is 2.42. The van der Waals surface area contributed by atoms with Crippen LogP contribution < -0.4 is 0 Å². The number of benzene rings is 6. The van der Waals surface area contributed by atoms with Gasteiger partial charge in [-0.1, -0.05) is 194 Å². The Labute approximate surface area is 386 Å². The fourth-order valence-electron chi connectivity index (χ4n) is 8.14. The van der Waals surface area contributed by atoms with Crippen LogP contribution >= 0.6 is 11.8 Å². The molecule has 0 aliphatic carbocycles. The number of hydrogen-bond acceptors (Lipinski definition) is 11. The van der Waals surface area contributed by atoms with Gasteiger partial charge in [0.15, 0.2) is 0 Å². The second-order valence-corrected chi connectivity index (χ2v) is 17.4. The van der Waals surface area contributed by atoms with Gasteiger partial charge in [0.05, 0.1) is 52.9 Å². The molecule has 340 valence electrons. The maximum atomic E-state index is 11.1. The fraction of sp³-hybridized carbons (Fsp3) is 0.333. The zero-order valence-electron chi connectivity index (χ0n) is 36.3. The van der Waals surface area contributed by atoms with Gasteiger partial charge in [0.2, 0.25) is 0 Å². The Kier molecular flexibility index (Phi) is 17.8. The molecule has 65 heavy (non-hydrogen) atoms. The first-order chi connectivity index (χ1) is 32.1. The van der Waals surface area contributed by atoms with E-state index in [1.807, 2.05) is 182 Å². The Morgan fingerprint density at radius 1 is 0.308 bits per heavy atom. The van der Waals surface area contributed by atoms with Crippen molar-refractivity contribution in [3.8, 4) is 0 Å². The van der Waals surface area contributed by atoms with Crippen molar-refractivity contribution < 1.29 is 48.1 Å². The maximum absolute atomic E-state index is 11.1. The van der Waals surface area contributed by atoms with E-state index in [9.17, 15) is 10.2 Å². The first kappa shape index (κ1) is 46.8. The van der Waals surface area contributed by atoms with E-state index in [1.54, 1.807) is 0 Å². The minimum atomic E-state index is -0.804. The molecule has 6 aromatic carbocycles. The lowest BCUT2D eigenvalue weighted by Gasteiger charge is -2.49. The zero-order valence-corrected chi connectivity index (χ0v) is 37.1. The predicted molar refractivity (Wildman–Crippen MR) is 249 cm³/mol. The monoisotopic (exact) mass is 898 g/mol. The third-order valence-corrected chi connectivity index (χ3v) is 12.8. The minimum Gasteiger partial charge on any atom is -0.394 e. The van der Waals surface area contributed by atoms with Crippen LogP contribution in [0.25, 0.3) is 0 Å². The number of rotatable bonds is 22. The summed E-state index contributed by atoms with van der Waals surface area (Å²) in [4.78, 5) is 0. The standard InChI is InChI=1S/C54H58O10S/c55-31-45-47(57-33-39-19-7-1-8-20-39)49(59-35-41-23-11-3-12-24-41)51(61-37-43-27-15-5-16-28-43)53(63-45)65-54-52(62-38-44-29-17-6-18-30-44)50(60-36-42-25-13-4-14-26-42)48(46(32-56)64-54)58-34-40-21-9-2-10-22-40/h1-30,45-56H,31-38H2/t45?,46?,47-,48-,49?,50?,51?,52?,53-,54-/m1/s1. The van der Waals surface area contributed by atoms with Crippen LogP contribution in [0.3, 0.4) is 0 Å². The highest BCUT2D eigenvalue weighted by Gasteiger charge is 2.53. The van der Waals surface area contributed by atoms with Crippen molar-refractivity contribution in [2.75, 3.05) is 13.2 Å². The minimum absolute atomic E-state index is 0.253. The average molecular weight is 899 g/mol. The lowest BCUT2D eigenvalue weighted by atomic mass is 9.98. The van der Waals surface area contributed by atoms with Crippen molar-refractivity contribution in [2.45, 2.75) is 99.3 Å². The molecule has 10 nitrogen and oxygen atoms in total. The molecule has 2 N–H and O–H groups in total. The van der Waals surface area contributed by atoms with Gasteiger partial charge in [-0.25, -0.2) is 0 Å². The molecule has 2 aliphatic rings. The molecule has 0 spiro atoms. The van der Waals surface area contributed by atoms with E-state index in [4.69, 9.17) is 37.9 Å². The highest BCUT2D eigenvalue weighted by atomic mass is 32.2. The van der Waals surface area contributed by atoms with Crippen LogP contribution in [0.2, 0.25) is 0 Å². The number of aliphatic hydroxyl groups excluding tert-OH is 2. The van der Waals surface area contributed by atoms with Gasteiger partial charge in [-0.15, -0.1) is 0 Å². The molecular formula is C54H58O10S. The molecule has 6 aromatic rings. The van der Waals surface area contributed by atoms with Crippen LogP contribution in [-0.4, -0.2) is 83.1 Å². The van der Waals surface area contributed by atoms with Crippen LogP contribution in [0, 0.1) is 0 Å². The third kappa shape index (κ3) is 13.2. The summed E-state index contributed by atoms with van der Waals surface area (Å²) in [6.07, 6.45) is -5.95. The van der Waals surface area contributed by atoms with E-state index < -0.39 is 59.7 Å². The number of hydrogen-bond donors (Lipinski definition) is 2. The van der Waals surface area contributed by atoms with Crippen LogP contribution in [0.4, 0.5) is 0 Å². The Morgan fingerprint density at radius 2 is 0.523 bits per heavy atom. The molecule has 6 unspecified atom stereocenters. The van der Waals surface area contributed by atoms with Crippen molar-refractivity contribution in [2.24, 2.45) is 0 Å². The number of ether oxygens (including phenoxy) is 8. The molecular weight excluding hydrogens is 841 g/mol. The molecule has 2 saturated heterocycles. The third-order valence-electron chi connectivity index (χ3n) is 11.5. The summed E-state index contributed by atoms with van der Waals surface area (Å²) in [5, 5.41) is 22.2. The normalized spacial score (nSPS) is 25.6. The second-order valence-electron chi connectivity index (χ2n) is 16.2. The van der Waals surface area contributed by atoms with Gasteiger partial charge in [0.25, 0.3) is 0 Å². The smallest absolute Gasteiger partial charge is 0.135 e. The van der Waals surface area contributed by atoms with E-state index in [2.05, 4.69) is 0 Å². The quantitative estimate of drug-likeness (QED) is 0.0683. The van der Waals surface area contributed by atoms with Gasteiger partial charge >= 0.3 is 0 Å². The molecule has 0 aromatic heterocycles. The van der Waals surface area contributed by atoms with Gasteiger partial charge in [0.1, 0.15) is 59.7 Å². The molecule has 8 rings (SSSR count). The Morgan fingerprint density at radius 3 is 0.754 bits per heavy atom. The zero-order chi connectivity index (χ0) is 44.5. The highest BCUT2D eigenvalue weighted by molar-refractivity contribution is 8.00. The molecule has 0 radical (unpaired) electrons. The molecule has 0 amide bonds. The van der Waals surface area contributed by atoms with Gasteiger partial charge in [-0.2, -0.15) is 0 Å². The Balaban J connectivity index is 1.15. The van der Waals surface area contributed by atoms with Crippen molar-refractivity contribution in [1.82, 2.24) is 0 Å². The molecule has 11 heteroatoms.